The lowest BCUT2D eigenvalue weighted by Crippen LogP contribution is -1.99. The molecule has 0 aliphatic carbocycles. The summed E-state index contributed by atoms with van der Waals surface area (Å²) in [6.45, 7) is 0. The Hall–Kier alpha value is -3.78. The SMILES string of the molecule is Nc1ccc2c(O)c(N=Nc3ccc4c(O)cc(S(=O)(=O)O)cc4c3)c(S(=O)(=O)O)cc2c1. The highest BCUT2D eigenvalue weighted by atomic mass is 32.2. The number of nitrogens with two attached hydrogens (primary N) is 1. The first-order valence-corrected chi connectivity index (χ1v) is 11.9. The summed E-state index contributed by atoms with van der Waals surface area (Å²) in [4.78, 5) is -1.24. The van der Waals surface area contributed by atoms with Gasteiger partial charge in [-0.05, 0) is 59.3 Å². The van der Waals surface area contributed by atoms with Crippen molar-refractivity contribution >= 4 is 58.8 Å². The normalized spacial score (nSPS) is 12.7. The fourth-order valence-corrected chi connectivity index (χ4v) is 4.49. The molecular weight excluding hydrogens is 474 g/mol. The van der Waals surface area contributed by atoms with E-state index in [0.29, 0.717) is 5.69 Å². The highest BCUT2D eigenvalue weighted by molar-refractivity contribution is 7.86. The number of hydrogen-bond donors (Lipinski definition) is 5. The number of nitrogens with zero attached hydrogens (tertiary/aromatic N) is 2. The summed E-state index contributed by atoms with van der Waals surface area (Å²) >= 11 is 0. The molecule has 0 atom stereocenters. The van der Waals surface area contributed by atoms with Crippen LogP contribution in [0.4, 0.5) is 17.1 Å². The van der Waals surface area contributed by atoms with Gasteiger partial charge in [-0.3, -0.25) is 9.11 Å². The quantitative estimate of drug-likeness (QED) is 0.160. The van der Waals surface area contributed by atoms with Crippen molar-refractivity contribution in [2.45, 2.75) is 9.79 Å². The molecular formula is C20H15N3O8S2. The second-order valence-corrected chi connectivity index (χ2v) is 9.86. The molecule has 0 saturated carbocycles. The van der Waals surface area contributed by atoms with E-state index in [1.165, 1.54) is 36.4 Å². The van der Waals surface area contributed by atoms with Crippen LogP contribution in [-0.2, 0) is 20.2 Å². The van der Waals surface area contributed by atoms with Crippen LogP contribution in [0.15, 0.2) is 74.6 Å². The Kier molecular flexibility index (Phi) is 5.21. The van der Waals surface area contributed by atoms with Gasteiger partial charge in [0.25, 0.3) is 20.2 Å². The minimum atomic E-state index is -4.81. The topological polar surface area (TPSA) is 200 Å². The van der Waals surface area contributed by atoms with E-state index in [2.05, 4.69) is 10.2 Å². The van der Waals surface area contributed by atoms with Crippen molar-refractivity contribution in [3.63, 3.8) is 0 Å². The minimum Gasteiger partial charge on any atom is -0.507 e. The van der Waals surface area contributed by atoms with Crippen LogP contribution in [0.2, 0.25) is 0 Å². The molecule has 0 aliphatic heterocycles. The van der Waals surface area contributed by atoms with Crippen LogP contribution in [0.3, 0.4) is 0 Å². The number of benzene rings is 4. The zero-order chi connectivity index (χ0) is 24.1. The third-order valence-corrected chi connectivity index (χ3v) is 6.50. The van der Waals surface area contributed by atoms with Crippen LogP contribution in [0.25, 0.3) is 21.5 Å². The average molecular weight is 489 g/mol. The predicted molar refractivity (Wildman–Crippen MR) is 119 cm³/mol. The fraction of sp³-hybridized carbons (Fsp3) is 0. The number of phenolic OH excluding ortho intramolecular Hbond substituents is 2. The first-order chi connectivity index (χ1) is 15.3. The van der Waals surface area contributed by atoms with E-state index < -0.39 is 47.2 Å². The van der Waals surface area contributed by atoms with E-state index in [-0.39, 0.29) is 27.2 Å². The Morgan fingerprint density at radius 2 is 1.39 bits per heavy atom. The molecule has 0 heterocycles. The predicted octanol–water partition coefficient (Wildman–Crippen LogP) is 3.90. The van der Waals surface area contributed by atoms with Crippen molar-refractivity contribution < 1.29 is 36.2 Å². The van der Waals surface area contributed by atoms with Gasteiger partial charge in [-0.15, -0.1) is 5.11 Å². The van der Waals surface area contributed by atoms with Crippen LogP contribution in [-0.4, -0.2) is 36.2 Å². The van der Waals surface area contributed by atoms with E-state index in [1.54, 1.807) is 0 Å². The van der Waals surface area contributed by atoms with Gasteiger partial charge in [-0.25, -0.2) is 0 Å². The Labute approximate surface area is 186 Å². The van der Waals surface area contributed by atoms with Crippen molar-refractivity contribution in [1.29, 1.82) is 0 Å². The molecule has 0 fully saturated rings. The molecule has 0 amide bonds. The smallest absolute Gasteiger partial charge is 0.296 e. The van der Waals surface area contributed by atoms with Crippen LogP contribution < -0.4 is 5.73 Å². The number of nitrogen functional groups attached to an aromatic ring is 1. The lowest BCUT2D eigenvalue weighted by molar-refractivity contribution is 0.471. The molecule has 0 spiro atoms. The number of phenols is 2. The number of hydrogen-bond acceptors (Lipinski definition) is 9. The van der Waals surface area contributed by atoms with E-state index in [0.717, 1.165) is 18.2 Å². The molecule has 4 aromatic rings. The summed E-state index contributed by atoms with van der Waals surface area (Å²) in [6, 6.07) is 11.5. The molecule has 0 unspecified atom stereocenters. The molecule has 13 heteroatoms. The molecule has 6 N–H and O–H groups in total. The maximum Gasteiger partial charge on any atom is 0.296 e. The molecule has 0 saturated heterocycles. The van der Waals surface area contributed by atoms with Crippen molar-refractivity contribution in [2.24, 2.45) is 10.2 Å². The second kappa shape index (κ2) is 7.67. The van der Waals surface area contributed by atoms with Crippen LogP contribution >= 0.6 is 0 Å². The standard InChI is InChI=1S/C20H15N3O8S2/c21-12-1-3-16-10(5-12)8-18(33(29,30)31)19(20(16)25)23-22-13-2-4-15-11(6-13)7-14(9-17(15)24)32(26,27)28/h1-9,24-25H,21H2,(H,26,27,28)(H,29,30,31). The summed E-state index contributed by atoms with van der Waals surface area (Å²) in [5.41, 5.74) is 5.57. The highest BCUT2D eigenvalue weighted by Gasteiger charge is 2.22. The summed E-state index contributed by atoms with van der Waals surface area (Å²) in [5.74, 6) is -0.959. The monoisotopic (exact) mass is 489 g/mol. The number of rotatable bonds is 4. The van der Waals surface area contributed by atoms with Gasteiger partial charge in [0.15, 0.2) is 5.75 Å². The molecule has 4 rings (SSSR count). The Morgan fingerprint density at radius 1 is 0.727 bits per heavy atom. The van der Waals surface area contributed by atoms with Crippen molar-refractivity contribution in [3.05, 3.63) is 54.6 Å². The van der Waals surface area contributed by atoms with Gasteiger partial charge >= 0.3 is 0 Å². The molecule has 0 aromatic heterocycles. The van der Waals surface area contributed by atoms with Crippen molar-refractivity contribution in [2.75, 3.05) is 5.73 Å². The Bertz CT molecular complexity index is 1700. The first-order valence-electron chi connectivity index (χ1n) is 9.03. The van der Waals surface area contributed by atoms with Crippen molar-refractivity contribution in [1.82, 2.24) is 0 Å². The van der Waals surface area contributed by atoms with Crippen LogP contribution in [0.5, 0.6) is 11.5 Å². The van der Waals surface area contributed by atoms with Gasteiger partial charge in [0.2, 0.25) is 0 Å². The van der Waals surface area contributed by atoms with Gasteiger partial charge in [-0.1, -0.05) is 0 Å². The number of fused-ring (bicyclic) bond motifs is 2. The highest BCUT2D eigenvalue weighted by Crippen LogP contribution is 2.42. The third-order valence-electron chi connectivity index (χ3n) is 4.80. The second-order valence-electron chi connectivity index (χ2n) is 7.05. The molecule has 0 bridgehead atoms. The first kappa shape index (κ1) is 22.4. The van der Waals surface area contributed by atoms with Gasteiger partial charge in [0.05, 0.1) is 10.6 Å². The van der Waals surface area contributed by atoms with E-state index in [1.807, 2.05) is 0 Å². The van der Waals surface area contributed by atoms with Gasteiger partial charge in [0.1, 0.15) is 16.3 Å². The fourth-order valence-electron chi connectivity index (χ4n) is 3.29. The minimum absolute atomic E-state index is 0.0903. The number of azo groups is 1. The largest absolute Gasteiger partial charge is 0.507 e. The summed E-state index contributed by atoms with van der Waals surface area (Å²) in [6.07, 6.45) is 0. The third kappa shape index (κ3) is 4.29. The maximum absolute atomic E-state index is 11.9. The van der Waals surface area contributed by atoms with Crippen LogP contribution in [0, 0.1) is 0 Å². The van der Waals surface area contributed by atoms with E-state index >= 15 is 0 Å². The van der Waals surface area contributed by atoms with Crippen LogP contribution in [0.1, 0.15) is 0 Å². The number of anilines is 1. The molecule has 4 aromatic carbocycles. The molecule has 170 valence electrons. The Morgan fingerprint density at radius 3 is 2.06 bits per heavy atom. The van der Waals surface area contributed by atoms with E-state index in [9.17, 15) is 36.2 Å². The average Bonchev–Trinajstić information content (AvgIpc) is 2.71. The Balaban J connectivity index is 1.89. The van der Waals surface area contributed by atoms with Crippen molar-refractivity contribution in [3.8, 4) is 11.5 Å². The zero-order valence-electron chi connectivity index (χ0n) is 16.4. The van der Waals surface area contributed by atoms with Gasteiger partial charge < -0.3 is 15.9 Å². The molecule has 0 radical (unpaired) electrons. The maximum atomic E-state index is 11.9. The lowest BCUT2D eigenvalue weighted by atomic mass is 10.1. The van der Waals surface area contributed by atoms with Gasteiger partial charge in [0, 0.05) is 22.5 Å². The van der Waals surface area contributed by atoms with Gasteiger partial charge in [-0.2, -0.15) is 21.9 Å². The van der Waals surface area contributed by atoms with E-state index in [4.69, 9.17) is 5.73 Å². The number of aromatic hydroxyl groups is 2. The molecule has 0 aliphatic rings. The zero-order valence-corrected chi connectivity index (χ0v) is 18.0. The molecule has 33 heavy (non-hydrogen) atoms. The summed E-state index contributed by atoms with van der Waals surface area (Å²) in [7, 11) is -9.40. The summed E-state index contributed by atoms with van der Waals surface area (Å²) < 4.78 is 65.5. The summed E-state index contributed by atoms with van der Waals surface area (Å²) in [5, 5.41) is 29.2. The molecule has 11 nitrogen and oxygen atoms in total. The lowest BCUT2D eigenvalue weighted by Gasteiger charge is -2.09.